The van der Waals surface area contributed by atoms with Gasteiger partial charge in [-0.25, -0.2) is 0 Å². The number of benzene rings is 1. The average molecular weight is 347 g/mol. The minimum Gasteiger partial charge on any atom is -0.347 e. The van der Waals surface area contributed by atoms with Crippen LogP contribution in [-0.2, 0) is 16.1 Å². The summed E-state index contributed by atoms with van der Waals surface area (Å²) in [7, 11) is 0. The van der Waals surface area contributed by atoms with Crippen LogP contribution in [0.25, 0.3) is 0 Å². The van der Waals surface area contributed by atoms with Crippen molar-refractivity contribution in [1.29, 1.82) is 5.26 Å². The maximum absolute atomic E-state index is 12.0. The van der Waals surface area contributed by atoms with Gasteiger partial charge in [-0.2, -0.15) is 5.26 Å². The van der Waals surface area contributed by atoms with Crippen molar-refractivity contribution in [3.63, 3.8) is 0 Å². The normalized spacial score (nSPS) is 15.4. The molecular weight excluding hydrogens is 328 g/mol. The molecule has 2 rings (SSSR count). The van der Waals surface area contributed by atoms with E-state index in [4.69, 9.17) is 16.9 Å². The largest absolute Gasteiger partial charge is 0.347 e. The Morgan fingerprint density at radius 3 is 2.58 bits per heavy atom. The SMILES string of the molecule is N#C/C(=C/NC(=O)C1CCNCC1)C(=O)NCc1ccc(Cl)cc1. The van der Waals surface area contributed by atoms with E-state index in [1.807, 2.05) is 0 Å². The number of rotatable bonds is 5. The highest BCUT2D eigenvalue weighted by molar-refractivity contribution is 6.30. The third-order valence-electron chi connectivity index (χ3n) is 3.80. The van der Waals surface area contributed by atoms with Crippen molar-refractivity contribution in [3.05, 3.63) is 46.6 Å². The standard InChI is InChI=1S/C17H19ClN4O2/c18-15-3-1-12(2-4-15)10-21-17(24)14(9-19)11-22-16(23)13-5-7-20-8-6-13/h1-4,11,13,20H,5-8,10H2,(H,21,24)(H,22,23)/b14-11-. The third kappa shape index (κ3) is 5.37. The lowest BCUT2D eigenvalue weighted by Gasteiger charge is -2.20. The molecule has 126 valence electrons. The van der Waals surface area contributed by atoms with Crippen LogP contribution in [0.1, 0.15) is 18.4 Å². The van der Waals surface area contributed by atoms with Crippen LogP contribution in [0.15, 0.2) is 36.0 Å². The molecule has 24 heavy (non-hydrogen) atoms. The average Bonchev–Trinajstić information content (AvgIpc) is 2.62. The summed E-state index contributed by atoms with van der Waals surface area (Å²) < 4.78 is 0. The van der Waals surface area contributed by atoms with E-state index in [2.05, 4.69) is 16.0 Å². The lowest BCUT2D eigenvalue weighted by molar-refractivity contribution is -0.124. The van der Waals surface area contributed by atoms with Gasteiger partial charge in [0.2, 0.25) is 5.91 Å². The Morgan fingerprint density at radius 2 is 1.96 bits per heavy atom. The molecule has 0 spiro atoms. The van der Waals surface area contributed by atoms with Crippen molar-refractivity contribution in [3.8, 4) is 6.07 Å². The molecule has 0 saturated carbocycles. The van der Waals surface area contributed by atoms with Gasteiger partial charge in [0.15, 0.2) is 0 Å². The van der Waals surface area contributed by atoms with E-state index < -0.39 is 5.91 Å². The zero-order chi connectivity index (χ0) is 17.4. The number of nitrogens with zero attached hydrogens (tertiary/aromatic N) is 1. The van der Waals surface area contributed by atoms with Crippen LogP contribution in [-0.4, -0.2) is 24.9 Å². The van der Waals surface area contributed by atoms with E-state index in [0.717, 1.165) is 31.5 Å². The highest BCUT2D eigenvalue weighted by atomic mass is 35.5. The fraction of sp³-hybridized carbons (Fsp3) is 0.353. The summed E-state index contributed by atoms with van der Waals surface area (Å²) in [6, 6.07) is 8.84. The number of hydrogen-bond donors (Lipinski definition) is 3. The van der Waals surface area contributed by atoms with E-state index in [-0.39, 0.29) is 23.9 Å². The van der Waals surface area contributed by atoms with Gasteiger partial charge in [-0.15, -0.1) is 0 Å². The number of nitriles is 1. The van der Waals surface area contributed by atoms with Gasteiger partial charge in [0.05, 0.1) is 0 Å². The summed E-state index contributed by atoms with van der Waals surface area (Å²) in [4.78, 5) is 24.0. The Bertz CT molecular complexity index is 658. The van der Waals surface area contributed by atoms with Crippen molar-refractivity contribution in [2.75, 3.05) is 13.1 Å². The number of carbonyl (C=O) groups excluding carboxylic acids is 2. The van der Waals surface area contributed by atoms with Crippen LogP contribution in [0.5, 0.6) is 0 Å². The molecule has 1 aliphatic rings. The molecule has 3 N–H and O–H groups in total. The molecule has 1 aromatic rings. The Kier molecular flexibility index (Phi) is 6.79. The Morgan fingerprint density at radius 1 is 1.29 bits per heavy atom. The van der Waals surface area contributed by atoms with E-state index in [1.54, 1.807) is 30.3 Å². The minimum absolute atomic E-state index is 0.0837. The van der Waals surface area contributed by atoms with Crippen LogP contribution in [0.2, 0.25) is 5.02 Å². The first kappa shape index (κ1) is 18.0. The van der Waals surface area contributed by atoms with E-state index in [9.17, 15) is 9.59 Å². The summed E-state index contributed by atoms with van der Waals surface area (Å²) in [5.41, 5.74) is 0.732. The van der Waals surface area contributed by atoms with Crippen LogP contribution in [0.4, 0.5) is 0 Å². The molecule has 0 atom stereocenters. The van der Waals surface area contributed by atoms with Crippen LogP contribution < -0.4 is 16.0 Å². The van der Waals surface area contributed by atoms with Crippen molar-refractivity contribution in [2.45, 2.75) is 19.4 Å². The molecule has 0 unspecified atom stereocenters. The van der Waals surface area contributed by atoms with Gasteiger partial charge in [-0.05, 0) is 43.6 Å². The van der Waals surface area contributed by atoms with Crippen molar-refractivity contribution >= 4 is 23.4 Å². The van der Waals surface area contributed by atoms with Gasteiger partial charge in [0.1, 0.15) is 11.6 Å². The molecule has 1 aliphatic heterocycles. The zero-order valence-corrected chi connectivity index (χ0v) is 13.9. The molecule has 7 heteroatoms. The molecule has 0 aromatic heterocycles. The Hall–Kier alpha value is -2.36. The highest BCUT2D eigenvalue weighted by Crippen LogP contribution is 2.11. The number of piperidine rings is 1. The minimum atomic E-state index is -0.530. The first-order chi connectivity index (χ1) is 11.6. The first-order valence-corrected chi connectivity index (χ1v) is 8.12. The maximum Gasteiger partial charge on any atom is 0.263 e. The number of amides is 2. The van der Waals surface area contributed by atoms with Gasteiger partial charge in [0, 0.05) is 23.7 Å². The molecule has 1 aromatic carbocycles. The summed E-state index contributed by atoms with van der Waals surface area (Å²) in [5.74, 6) is -0.771. The van der Waals surface area contributed by atoms with Crippen LogP contribution in [0.3, 0.4) is 0 Å². The number of nitrogens with one attached hydrogen (secondary N) is 3. The van der Waals surface area contributed by atoms with Gasteiger partial charge in [-0.3, -0.25) is 9.59 Å². The van der Waals surface area contributed by atoms with Crippen LogP contribution >= 0.6 is 11.6 Å². The Balaban J connectivity index is 1.86. The molecule has 1 heterocycles. The second-order valence-electron chi connectivity index (χ2n) is 5.51. The molecular formula is C17H19ClN4O2. The third-order valence-corrected chi connectivity index (χ3v) is 4.05. The molecule has 2 amide bonds. The van der Waals surface area contributed by atoms with Gasteiger partial charge < -0.3 is 16.0 Å². The van der Waals surface area contributed by atoms with Gasteiger partial charge >= 0.3 is 0 Å². The highest BCUT2D eigenvalue weighted by Gasteiger charge is 2.20. The first-order valence-electron chi connectivity index (χ1n) is 7.74. The number of carbonyl (C=O) groups is 2. The monoisotopic (exact) mass is 346 g/mol. The van der Waals surface area contributed by atoms with Crippen LogP contribution in [0, 0.1) is 17.2 Å². The second kappa shape index (κ2) is 9.06. The molecule has 0 radical (unpaired) electrons. The summed E-state index contributed by atoms with van der Waals surface area (Å²) in [5, 5.41) is 18.1. The predicted molar refractivity (Wildman–Crippen MR) is 90.7 cm³/mol. The smallest absolute Gasteiger partial charge is 0.263 e. The predicted octanol–water partition coefficient (Wildman–Crippen LogP) is 1.48. The topological polar surface area (TPSA) is 94.0 Å². The summed E-state index contributed by atoms with van der Waals surface area (Å²) in [6.45, 7) is 1.88. The fourth-order valence-electron chi connectivity index (χ4n) is 2.37. The van der Waals surface area contributed by atoms with Gasteiger partial charge in [0.25, 0.3) is 5.91 Å². The van der Waals surface area contributed by atoms with E-state index in [0.29, 0.717) is 5.02 Å². The van der Waals surface area contributed by atoms with Gasteiger partial charge in [-0.1, -0.05) is 23.7 Å². The Labute approximate surface area is 145 Å². The summed E-state index contributed by atoms with van der Waals surface area (Å²) in [6.07, 6.45) is 2.69. The quantitative estimate of drug-likeness (QED) is 0.556. The second-order valence-corrected chi connectivity index (χ2v) is 5.95. The van der Waals surface area contributed by atoms with Crippen molar-refractivity contribution in [1.82, 2.24) is 16.0 Å². The van der Waals surface area contributed by atoms with E-state index in [1.165, 1.54) is 6.20 Å². The van der Waals surface area contributed by atoms with Crippen molar-refractivity contribution < 1.29 is 9.59 Å². The molecule has 0 bridgehead atoms. The number of halogens is 1. The molecule has 6 nitrogen and oxygen atoms in total. The fourth-order valence-corrected chi connectivity index (χ4v) is 2.50. The lowest BCUT2D eigenvalue weighted by Crippen LogP contribution is -2.36. The number of hydrogen-bond acceptors (Lipinski definition) is 4. The maximum atomic E-state index is 12.0. The lowest BCUT2D eigenvalue weighted by atomic mass is 9.97. The van der Waals surface area contributed by atoms with Crippen molar-refractivity contribution in [2.24, 2.45) is 5.92 Å². The molecule has 0 aliphatic carbocycles. The molecule has 1 fully saturated rings. The molecule has 1 saturated heterocycles. The summed E-state index contributed by atoms with van der Waals surface area (Å²) >= 11 is 5.80. The van der Waals surface area contributed by atoms with E-state index >= 15 is 0 Å². The zero-order valence-electron chi connectivity index (χ0n) is 13.1.